The standard InChI is InChI=1S/C30H27F3N6O2/c1-19-36-25(27-34-12-5-13-35-27)17-38(19)18-26(40)39(23-8-4-7-21(31)14-23)30(11-10-20-6-2-3-9-24(20)30)28(41)37-22-15-29(32,33)16-22/h2-9,12-14,17,22H,10-11,15-16,18H2,1H3,(H,37,41). The Bertz CT molecular complexity index is 1620. The molecular formula is C30H27F3N6O2. The van der Waals surface area contributed by atoms with Gasteiger partial charge in [0.2, 0.25) is 5.91 Å². The Morgan fingerprint density at radius 1 is 1.07 bits per heavy atom. The molecule has 0 aliphatic heterocycles. The van der Waals surface area contributed by atoms with Crippen LogP contribution >= 0.6 is 0 Å². The van der Waals surface area contributed by atoms with Gasteiger partial charge in [-0.3, -0.25) is 14.5 Å². The third-order valence-electron chi connectivity index (χ3n) is 7.79. The number of carbonyl (C=O) groups is 2. The number of fused-ring (bicyclic) bond motifs is 1. The highest BCUT2D eigenvalue weighted by molar-refractivity contribution is 6.05. The zero-order valence-electron chi connectivity index (χ0n) is 22.2. The zero-order chi connectivity index (χ0) is 28.8. The molecule has 2 heterocycles. The average Bonchev–Trinajstić information content (AvgIpc) is 3.50. The summed E-state index contributed by atoms with van der Waals surface area (Å²) in [5.41, 5.74) is 0.523. The maximum Gasteiger partial charge on any atom is 0.252 e. The molecule has 1 unspecified atom stereocenters. The minimum atomic E-state index is -2.84. The van der Waals surface area contributed by atoms with Crippen LogP contribution < -0.4 is 10.2 Å². The number of imidazole rings is 1. The lowest BCUT2D eigenvalue weighted by Crippen LogP contribution is -2.62. The Morgan fingerprint density at radius 2 is 1.83 bits per heavy atom. The fraction of sp³-hybridized carbons (Fsp3) is 0.300. The van der Waals surface area contributed by atoms with E-state index in [1.807, 2.05) is 12.1 Å². The largest absolute Gasteiger partial charge is 0.351 e. The Balaban J connectivity index is 1.43. The van der Waals surface area contributed by atoms with Crippen LogP contribution in [0.2, 0.25) is 0 Å². The van der Waals surface area contributed by atoms with Crippen molar-refractivity contribution in [1.82, 2.24) is 24.8 Å². The summed E-state index contributed by atoms with van der Waals surface area (Å²) in [4.78, 5) is 42.8. The number of anilines is 1. The van der Waals surface area contributed by atoms with Gasteiger partial charge in [0, 0.05) is 43.2 Å². The Kier molecular flexibility index (Phi) is 6.59. The number of nitrogens with one attached hydrogen (secondary N) is 1. The number of carbonyl (C=O) groups excluding carboxylic acids is 2. The maximum atomic E-state index is 14.6. The third kappa shape index (κ3) is 4.85. The highest BCUT2D eigenvalue weighted by Crippen LogP contribution is 2.46. The number of aryl methyl sites for hydroxylation is 2. The molecule has 2 amide bonds. The van der Waals surface area contributed by atoms with Gasteiger partial charge in [-0.05, 0) is 55.2 Å². The van der Waals surface area contributed by atoms with Crippen LogP contribution in [0.1, 0.15) is 36.2 Å². The predicted octanol–water partition coefficient (Wildman–Crippen LogP) is 4.58. The number of nitrogens with zero attached hydrogens (tertiary/aromatic N) is 5. The molecule has 2 aromatic carbocycles. The lowest BCUT2D eigenvalue weighted by atomic mass is 9.84. The van der Waals surface area contributed by atoms with Crippen LogP contribution in [0, 0.1) is 12.7 Å². The van der Waals surface area contributed by atoms with Crippen LogP contribution in [0.25, 0.3) is 11.5 Å². The van der Waals surface area contributed by atoms with E-state index in [9.17, 15) is 22.8 Å². The van der Waals surface area contributed by atoms with Crippen molar-refractivity contribution in [3.05, 3.63) is 96.0 Å². The SMILES string of the molecule is Cc1nc(-c2ncccn2)cn1CC(=O)N(c1cccc(F)c1)C1(C(=O)NC2CC(F)(F)C2)CCc2ccccc21. The normalized spacial score (nSPS) is 19.3. The molecule has 210 valence electrons. The van der Waals surface area contributed by atoms with Crippen LogP contribution in [0.5, 0.6) is 0 Å². The molecule has 1 atom stereocenters. The lowest BCUT2D eigenvalue weighted by Gasteiger charge is -2.43. The molecule has 1 fully saturated rings. The highest BCUT2D eigenvalue weighted by atomic mass is 19.3. The van der Waals surface area contributed by atoms with Crippen molar-refractivity contribution < 1.29 is 22.8 Å². The molecule has 2 aliphatic rings. The van der Waals surface area contributed by atoms with Crippen molar-refractivity contribution in [2.24, 2.45) is 0 Å². The first-order valence-electron chi connectivity index (χ1n) is 13.3. The van der Waals surface area contributed by atoms with Crippen molar-refractivity contribution in [1.29, 1.82) is 0 Å². The van der Waals surface area contributed by atoms with E-state index < -0.39 is 48.0 Å². The summed E-state index contributed by atoms with van der Waals surface area (Å²) in [6.07, 6.45) is 4.57. The van der Waals surface area contributed by atoms with Crippen LogP contribution in [0.15, 0.2) is 73.2 Å². The smallest absolute Gasteiger partial charge is 0.252 e. The number of amides is 2. The summed E-state index contributed by atoms with van der Waals surface area (Å²) in [5.74, 6) is -3.58. The molecule has 6 rings (SSSR count). The quantitative estimate of drug-likeness (QED) is 0.357. The molecule has 11 heteroatoms. The van der Waals surface area contributed by atoms with Crippen molar-refractivity contribution >= 4 is 17.5 Å². The number of benzene rings is 2. The molecule has 2 aliphatic carbocycles. The van der Waals surface area contributed by atoms with Crippen LogP contribution in [-0.2, 0) is 28.1 Å². The Hall–Kier alpha value is -4.54. The number of halogens is 3. The Labute approximate surface area is 234 Å². The van der Waals surface area contributed by atoms with Gasteiger partial charge >= 0.3 is 0 Å². The Morgan fingerprint density at radius 3 is 2.56 bits per heavy atom. The molecule has 41 heavy (non-hydrogen) atoms. The molecule has 0 bridgehead atoms. The van der Waals surface area contributed by atoms with Gasteiger partial charge in [-0.25, -0.2) is 28.1 Å². The second-order valence-corrected chi connectivity index (χ2v) is 10.5. The van der Waals surface area contributed by atoms with Crippen molar-refractivity contribution in [3.63, 3.8) is 0 Å². The van der Waals surface area contributed by atoms with Crippen molar-refractivity contribution in [2.45, 2.75) is 56.7 Å². The summed E-state index contributed by atoms with van der Waals surface area (Å²) in [6.45, 7) is 1.51. The molecule has 0 radical (unpaired) electrons. The summed E-state index contributed by atoms with van der Waals surface area (Å²) in [7, 11) is 0. The summed E-state index contributed by atoms with van der Waals surface area (Å²) >= 11 is 0. The number of aromatic nitrogens is 4. The van der Waals surface area contributed by atoms with E-state index in [0.29, 0.717) is 29.3 Å². The third-order valence-corrected chi connectivity index (χ3v) is 7.79. The number of hydrogen-bond donors (Lipinski definition) is 1. The van der Waals surface area contributed by atoms with Gasteiger partial charge < -0.3 is 9.88 Å². The fourth-order valence-corrected chi connectivity index (χ4v) is 5.85. The molecule has 1 saturated carbocycles. The van der Waals surface area contributed by atoms with E-state index in [1.54, 1.807) is 54.3 Å². The maximum absolute atomic E-state index is 14.6. The summed E-state index contributed by atoms with van der Waals surface area (Å²) in [5, 5.41) is 2.77. The van der Waals surface area contributed by atoms with Crippen LogP contribution in [-0.4, -0.2) is 43.3 Å². The van der Waals surface area contributed by atoms with Crippen molar-refractivity contribution in [3.8, 4) is 11.5 Å². The van der Waals surface area contributed by atoms with Gasteiger partial charge in [-0.15, -0.1) is 0 Å². The molecule has 1 N–H and O–H groups in total. The number of rotatable bonds is 7. The average molecular weight is 561 g/mol. The van der Waals surface area contributed by atoms with E-state index in [1.165, 1.54) is 23.1 Å². The molecule has 8 nitrogen and oxygen atoms in total. The summed E-state index contributed by atoms with van der Waals surface area (Å²) in [6, 6.07) is 13.7. The first-order chi connectivity index (χ1) is 19.7. The zero-order valence-corrected chi connectivity index (χ0v) is 22.2. The lowest BCUT2D eigenvalue weighted by molar-refractivity contribution is -0.137. The van der Waals surface area contributed by atoms with E-state index >= 15 is 0 Å². The van der Waals surface area contributed by atoms with Crippen molar-refractivity contribution in [2.75, 3.05) is 4.90 Å². The monoisotopic (exact) mass is 560 g/mol. The van der Waals surface area contributed by atoms with E-state index in [0.717, 1.165) is 5.56 Å². The van der Waals surface area contributed by atoms with Crippen LogP contribution in [0.4, 0.5) is 18.9 Å². The first kappa shape index (κ1) is 26.7. The molecule has 2 aromatic heterocycles. The van der Waals surface area contributed by atoms with Gasteiger partial charge in [0.1, 0.15) is 23.9 Å². The predicted molar refractivity (Wildman–Crippen MR) is 144 cm³/mol. The van der Waals surface area contributed by atoms with Crippen LogP contribution in [0.3, 0.4) is 0 Å². The van der Waals surface area contributed by atoms with Gasteiger partial charge in [-0.2, -0.15) is 0 Å². The number of hydrogen-bond acceptors (Lipinski definition) is 5. The first-order valence-corrected chi connectivity index (χ1v) is 13.3. The minimum absolute atomic E-state index is 0.185. The molecule has 4 aromatic rings. The molecular weight excluding hydrogens is 533 g/mol. The highest BCUT2D eigenvalue weighted by Gasteiger charge is 2.55. The molecule has 0 saturated heterocycles. The van der Waals surface area contributed by atoms with E-state index in [-0.39, 0.29) is 18.7 Å². The van der Waals surface area contributed by atoms with E-state index in [4.69, 9.17) is 0 Å². The second-order valence-electron chi connectivity index (χ2n) is 10.5. The second kappa shape index (κ2) is 10.1. The van der Waals surface area contributed by atoms with Gasteiger partial charge in [0.25, 0.3) is 11.8 Å². The fourth-order valence-electron chi connectivity index (χ4n) is 5.85. The van der Waals surface area contributed by atoms with Gasteiger partial charge in [0.15, 0.2) is 11.4 Å². The van der Waals surface area contributed by atoms with Gasteiger partial charge in [-0.1, -0.05) is 30.3 Å². The minimum Gasteiger partial charge on any atom is -0.351 e. The van der Waals surface area contributed by atoms with Gasteiger partial charge in [0.05, 0.1) is 0 Å². The molecule has 0 spiro atoms. The topological polar surface area (TPSA) is 93.0 Å². The number of alkyl halides is 2. The summed E-state index contributed by atoms with van der Waals surface area (Å²) < 4.78 is 43.6. The van der Waals surface area contributed by atoms with E-state index in [2.05, 4.69) is 20.3 Å².